The summed E-state index contributed by atoms with van der Waals surface area (Å²) in [5.41, 5.74) is -0.0687. The molecule has 2 N–H and O–H groups in total. The zero-order chi connectivity index (χ0) is 14.4. The number of amides is 1. The van der Waals surface area contributed by atoms with Crippen LogP contribution in [0.15, 0.2) is 16.9 Å². The average Bonchev–Trinajstić information content (AvgIpc) is 2.46. The van der Waals surface area contributed by atoms with Gasteiger partial charge in [0.2, 0.25) is 0 Å². The molecular formula is C13H21N5O2. The molecule has 0 aliphatic carbocycles. The molecule has 1 aromatic rings. The molecule has 20 heavy (non-hydrogen) atoms. The number of carbonyl (C=O) groups excluding carboxylic acids is 1. The van der Waals surface area contributed by atoms with Crippen LogP contribution in [0.25, 0.3) is 0 Å². The van der Waals surface area contributed by atoms with Crippen molar-refractivity contribution >= 4 is 5.91 Å². The zero-order valence-corrected chi connectivity index (χ0v) is 11.8. The number of rotatable bonds is 5. The van der Waals surface area contributed by atoms with Crippen LogP contribution in [0.5, 0.6) is 0 Å². The van der Waals surface area contributed by atoms with Gasteiger partial charge in [-0.3, -0.25) is 9.59 Å². The van der Waals surface area contributed by atoms with Crippen molar-refractivity contribution in [3.05, 3.63) is 28.2 Å². The van der Waals surface area contributed by atoms with Gasteiger partial charge in [-0.15, -0.1) is 0 Å². The molecule has 0 spiro atoms. The summed E-state index contributed by atoms with van der Waals surface area (Å²) in [5, 5.41) is 8.74. The zero-order valence-electron chi connectivity index (χ0n) is 11.8. The average molecular weight is 279 g/mol. The molecule has 7 heteroatoms. The summed E-state index contributed by atoms with van der Waals surface area (Å²) in [6, 6.07) is 2.72. The number of hydrogen-bond donors (Lipinski definition) is 2. The lowest BCUT2D eigenvalue weighted by Crippen LogP contribution is -2.45. The van der Waals surface area contributed by atoms with Crippen LogP contribution in [-0.4, -0.2) is 72.2 Å². The molecule has 1 saturated heterocycles. The Balaban J connectivity index is 1.64. The highest BCUT2D eigenvalue weighted by atomic mass is 16.2. The standard InChI is InChI=1S/C13H21N5O2/c1-17-7-9-18(10-8-17)6-2-5-14-13(20)11-3-4-12(19)16-15-11/h3-4H,2,5-10H2,1H3,(H,14,20)(H,16,19). The SMILES string of the molecule is CN1CCN(CCCNC(=O)c2ccc(=O)[nH]n2)CC1. The largest absolute Gasteiger partial charge is 0.351 e. The van der Waals surface area contributed by atoms with Crippen LogP contribution in [0.3, 0.4) is 0 Å². The van der Waals surface area contributed by atoms with Gasteiger partial charge < -0.3 is 15.1 Å². The summed E-state index contributed by atoms with van der Waals surface area (Å²) in [7, 11) is 2.13. The molecule has 0 radical (unpaired) electrons. The molecule has 1 fully saturated rings. The van der Waals surface area contributed by atoms with Crippen LogP contribution in [0.4, 0.5) is 0 Å². The van der Waals surface area contributed by atoms with E-state index in [1.165, 1.54) is 12.1 Å². The first-order valence-corrected chi connectivity index (χ1v) is 6.90. The van der Waals surface area contributed by atoms with Gasteiger partial charge in [-0.2, -0.15) is 5.10 Å². The Morgan fingerprint density at radius 3 is 2.75 bits per heavy atom. The summed E-state index contributed by atoms with van der Waals surface area (Å²) in [4.78, 5) is 27.3. The monoisotopic (exact) mass is 279 g/mol. The second-order valence-corrected chi connectivity index (χ2v) is 5.06. The molecule has 2 heterocycles. The molecule has 1 aliphatic rings. The first kappa shape index (κ1) is 14.7. The fourth-order valence-electron chi connectivity index (χ4n) is 2.14. The quantitative estimate of drug-likeness (QED) is 0.685. The number of piperazine rings is 1. The number of nitrogens with one attached hydrogen (secondary N) is 2. The maximum atomic E-state index is 11.7. The Hall–Kier alpha value is -1.73. The number of carbonyl (C=O) groups is 1. The normalized spacial score (nSPS) is 17.1. The van der Waals surface area contributed by atoms with Crippen molar-refractivity contribution in [2.75, 3.05) is 46.3 Å². The number of H-pyrrole nitrogens is 1. The van der Waals surface area contributed by atoms with E-state index in [1.807, 2.05) is 0 Å². The van der Waals surface area contributed by atoms with Gasteiger partial charge in [0.05, 0.1) is 0 Å². The minimum absolute atomic E-state index is 0.240. The van der Waals surface area contributed by atoms with Gasteiger partial charge in [0, 0.05) is 38.8 Å². The summed E-state index contributed by atoms with van der Waals surface area (Å²) in [5.74, 6) is -0.250. The van der Waals surface area contributed by atoms with Crippen molar-refractivity contribution in [1.82, 2.24) is 25.3 Å². The Morgan fingerprint density at radius 1 is 1.35 bits per heavy atom. The third-order valence-electron chi connectivity index (χ3n) is 3.44. The molecule has 0 aromatic carbocycles. The fraction of sp³-hybridized carbons (Fsp3) is 0.615. The first-order chi connectivity index (χ1) is 9.65. The molecule has 0 saturated carbocycles. The van der Waals surface area contributed by atoms with Crippen LogP contribution in [-0.2, 0) is 0 Å². The Morgan fingerprint density at radius 2 is 2.10 bits per heavy atom. The fourth-order valence-corrected chi connectivity index (χ4v) is 2.14. The number of hydrogen-bond acceptors (Lipinski definition) is 5. The van der Waals surface area contributed by atoms with Crippen molar-refractivity contribution < 1.29 is 4.79 Å². The minimum Gasteiger partial charge on any atom is -0.351 e. The summed E-state index contributed by atoms with van der Waals surface area (Å²) < 4.78 is 0. The number of likely N-dealkylation sites (N-methyl/N-ethyl adjacent to an activating group) is 1. The van der Waals surface area contributed by atoms with Crippen molar-refractivity contribution in [1.29, 1.82) is 0 Å². The second-order valence-electron chi connectivity index (χ2n) is 5.06. The van der Waals surface area contributed by atoms with Gasteiger partial charge in [0.25, 0.3) is 11.5 Å². The van der Waals surface area contributed by atoms with Crippen molar-refractivity contribution in [3.63, 3.8) is 0 Å². The van der Waals surface area contributed by atoms with E-state index in [2.05, 4.69) is 32.4 Å². The third-order valence-corrected chi connectivity index (χ3v) is 3.44. The molecule has 2 rings (SSSR count). The molecule has 0 bridgehead atoms. The van der Waals surface area contributed by atoms with Gasteiger partial charge in [0.1, 0.15) is 5.69 Å². The highest BCUT2D eigenvalue weighted by molar-refractivity contribution is 5.91. The Bertz CT molecular complexity index is 473. The Labute approximate surface area is 118 Å². The van der Waals surface area contributed by atoms with Gasteiger partial charge in [0.15, 0.2) is 0 Å². The molecule has 1 amide bonds. The van der Waals surface area contributed by atoms with E-state index in [9.17, 15) is 9.59 Å². The maximum Gasteiger partial charge on any atom is 0.271 e. The van der Waals surface area contributed by atoms with Crippen molar-refractivity contribution in [2.45, 2.75) is 6.42 Å². The van der Waals surface area contributed by atoms with Crippen LogP contribution >= 0.6 is 0 Å². The van der Waals surface area contributed by atoms with E-state index >= 15 is 0 Å². The molecule has 1 aromatic heterocycles. The van der Waals surface area contributed by atoms with Crippen LogP contribution in [0.2, 0.25) is 0 Å². The molecule has 0 atom stereocenters. The molecule has 7 nitrogen and oxygen atoms in total. The van der Waals surface area contributed by atoms with Crippen molar-refractivity contribution in [3.8, 4) is 0 Å². The van der Waals surface area contributed by atoms with Gasteiger partial charge >= 0.3 is 0 Å². The molecule has 110 valence electrons. The first-order valence-electron chi connectivity index (χ1n) is 6.90. The number of nitrogens with zero attached hydrogens (tertiary/aromatic N) is 3. The van der Waals surface area contributed by atoms with E-state index in [-0.39, 0.29) is 17.2 Å². The molecule has 1 aliphatic heterocycles. The minimum atomic E-state index is -0.309. The maximum absolute atomic E-state index is 11.7. The van der Waals surface area contributed by atoms with Crippen LogP contribution in [0.1, 0.15) is 16.9 Å². The lowest BCUT2D eigenvalue weighted by molar-refractivity contribution is 0.0943. The highest BCUT2D eigenvalue weighted by Crippen LogP contribution is 1.99. The lowest BCUT2D eigenvalue weighted by atomic mass is 10.3. The summed E-state index contributed by atoms with van der Waals surface area (Å²) in [6.45, 7) is 6.00. The van der Waals surface area contributed by atoms with E-state index in [0.29, 0.717) is 6.54 Å². The Kier molecular flexibility index (Phi) is 5.25. The molecule has 0 unspecified atom stereocenters. The van der Waals surface area contributed by atoms with Gasteiger partial charge in [-0.05, 0) is 26.1 Å². The smallest absolute Gasteiger partial charge is 0.271 e. The van der Waals surface area contributed by atoms with E-state index in [1.54, 1.807) is 0 Å². The third kappa shape index (κ3) is 4.43. The predicted molar refractivity (Wildman–Crippen MR) is 75.7 cm³/mol. The van der Waals surface area contributed by atoms with E-state index < -0.39 is 0 Å². The summed E-state index contributed by atoms with van der Waals surface area (Å²) >= 11 is 0. The topological polar surface area (TPSA) is 81.3 Å². The molecular weight excluding hydrogens is 258 g/mol. The van der Waals surface area contributed by atoms with Crippen LogP contribution in [0, 0.1) is 0 Å². The van der Waals surface area contributed by atoms with Gasteiger partial charge in [-0.25, -0.2) is 5.10 Å². The lowest BCUT2D eigenvalue weighted by Gasteiger charge is -2.32. The summed E-state index contributed by atoms with van der Waals surface area (Å²) in [6.07, 6.45) is 0.915. The van der Waals surface area contributed by atoms with E-state index in [0.717, 1.165) is 39.1 Å². The number of aromatic amines is 1. The van der Waals surface area contributed by atoms with Crippen LogP contribution < -0.4 is 10.9 Å². The van der Waals surface area contributed by atoms with Crippen molar-refractivity contribution in [2.24, 2.45) is 0 Å². The predicted octanol–water partition coefficient (Wildman–Crippen LogP) is -0.863. The van der Waals surface area contributed by atoms with Gasteiger partial charge in [-0.1, -0.05) is 0 Å². The highest BCUT2D eigenvalue weighted by Gasteiger charge is 2.13. The van der Waals surface area contributed by atoms with E-state index in [4.69, 9.17) is 0 Å². The number of aromatic nitrogens is 2. The second kappa shape index (κ2) is 7.16.